The molecule has 0 radical (unpaired) electrons. The molecule has 4 unspecified atom stereocenters. The normalized spacial score (nSPS) is 41.5. The lowest BCUT2D eigenvalue weighted by Crippen LogP contribution is -2.48. The SMILES string of the molecule is C=C1CCC2C(C)(C)CCCC2(C)C1C=CC1=CCOC1O. The molecule has 1 N–H and O–H groups in total. The second kappa shape index (κ2) is 5.65. The van der Waals surface area contributed by atoms with Gasteiger partial charge in [0, 0.05) is 11.5 Å². The molecule has 2 nitrogen and oxygen atoms in total. The van der Waals surface area contributed by atoms with Gasteiger partial charge in [0.05, 0.1) is 6.61 Å². The summed E-state index contributed by atoms with van der Waals surface area (Å²) in [6.07, 6.45) is 11.9. The van der Waals surface area contributed by atoms with E-state index < -0.39 is 6.29 Å². The third-order valence-corrected chi connectivity index (χ3v) is 6.52. The molecule has 0 bridgehead atoms. The van der Waals surface area contributed by atoms with Crippen molar-refractivity contribution in [2.45, 2.75) is 59.2 Å². The average molecular weight is 302 g/mol. The van der Waals surface area contributed by atoms with Gasteiger partial charge in [-0.3, -0.25) is 0 Å². The molecule has 0 aromatic carbocycles. The second-order valence-corrected chi connectivity index (χ2v) is 8.32. The van der Waals surface area contributed by atoms with E-state index in [0.29, 0.717) is 23.4 Å². The fourth-order valence-electron chi connectivity index (χ4n) is 5.36. The van der Waals surface area contributed by atoms with Crippen molar-refractivity contribution >= 4 is 0 Å². The summed E-state index contributed by atoms with van der Waals surface area (Å²) in [4.78, 5) is 0. The molecule has 0 aromatic heterocycles. The molecule has 4 atom stereocenters. The Morgan fingerprint density at radius 3 is 2.77 bits per heavy atom. The van der Waals surface area contributed by atoms with Gasteiger partial charge in [-0.05, 0) is 42.4 Å². The van der Waals surface area contributed by atoms with Gasteiger partial charge in [0.25, 0.3) is 0 Å². The van der Waals surface area contributed by atoms with Crippen LogP contribution in [0, 0.1) is 22.7 Å². The highest BCUT2D eigenvalue weighted by Gasteiger charge is 2.52. The number of allylic oxidation sites excluding steroid dienone is 2. The molecule has 22 heavy (non-hydrogen) atoms. The topological polar surface area (TPSA) is 29.5 Å². The number of aliphatic hydroxyl groups is 1. The van der Waals surface area contributed by atoms with Gasteiger partial charge in [0.2, 0.25) is 0 Å². The number of ether oxygens (including phenoxy) is 1. The first-order valence-corrected chi connectivity index (χ1v) is 8.70. The largest absolute Gasteiger partial charge is 0.364 e. The second-order valence-electron chi connectivity index (χ2n) is 8.32. The Morgan fingerprint density at radius 1 is 1.32 bits per heavy atom. The van der Waals surface area contributed by atoms with Gasteiger partial charge in [-0.2, -0.15) is 0 Å². The molecular weight excluding hydrogens is 272 g/mol. The van der Waals surface area contributed by atoms with Crippen LogP contribution in [0.25, 0.3) is 0 Å². The van der Waals surface area contributed by atoms with Crippen LogP contribution in [-0.4, -0.2) is 18.0 Å². The van der Waals surface area contributed by atoms with E-state index in [9.17, 15) is 5.11 Å². The van der Waals surface area contributed by atoms with Crippen molar-refractivity contribution in [1.82, 2.24) is 0 Å². The van der Waals surface area contributed by atoms with Crippen LogP contribution in [0.15, 0.2) is 36.0 Å². The number of hydrogen-bond donors (Lipinski definition) is 1. The minimum Gasteiger partial charge on any atom is -0.364 e. The molecule has 1 heterocycles. The molecule has 1 aliphatic heterocycles. The van der Waals surface area contributed by atoms with Crippen LogP contribution in [0.4, 0.5) is 0 Å². The molecule has 3 rings (SSSR count). The highest BCUT2D eigenvalue weighted by atomic mass is 16.6. The van der Waals surface area contributed by atoms with E-state index in [4.69, 9.17) is 4.74 Å². The Morgan fingerprint density at radius 2 is 2.09 bits per heavy atom. The third-order valence-electron chi connectivity index (χ3n) is 6.52. The smallest absolute Gasteiger partial charge is 0.181 e. The fraction of sp³-hybridized carbons (Fsp3) is 0.700. The molecule has 0 spiro atoms. The van der Waals surface area contributed by atoms with E-state index in [1.165, 1.54) is 31.3 Å². The summed E-state index contributed by atoms with van der Waals surface area (Å²) < 4.78 is 5.19. The number of fused-ring (bicyclic) bond motifs is 1. The first-order valence-electron chi connectivity index (χ1n) is 8.70. The van der Waals surface area contributed by atoms with Crippen molar-refractivity contribution in [3.63, 3.8) is 0 Å². The lowest BCUT2D eigenvalue weighted by atomic mass is 9.47. The summed E-state index contributed by atoms with van der Waals surface area (Å²) >= 11 is 0. The van der Waals surface area contributed by atoms with E-state index in [1.54, 1.807) is 0 Å². The number of rotatable bonds is 2. The highest BCUT2D eigenvalue weighted by Crippen LogP contribution is 2.61. The molecule has 0 amide bonds. The minimum atomic E-state index is -0.750. The molecule has 2 heteroatoms. The summed E-state index contributed by atoms with van der Waals surface area (Å²) in [7, 11) is 0. The molecule has 0 aromatic rings. The van der Waals surface area contributed by atoms with Gasteiger partial charge in [0.15, 0.2) is 6.29 Å². The Kier molecular flexibility index (Phi) is 4.11. The van der Waals surface area contributed by atoms with Crippen molar-refractivity contribution in [2.75, 3.05) is 6.61 Å². The van der Waals surface area contributed by atoms with Crippen LogP contribution in [0.2, 0.25) is 0 Å². The maximum Gasteiger partial charge on any atom is 0.181 e. The van der Waals surface area contributed by atoms with E-state index in [1.807, 2.05) is 6.08 Å². The fourth-order valence-corrected chi connectivity index (χ4v) is 5.36. The van der Waals surface area contributed by atoms with Crippen LogP contribution >= 0.6 is 0 Å². The predicted octanol–water partition coefficient (Wildman–Crippen LogP) is 4.62. The van der Waals surface area contributed by atoms with Gasteiger partial charge in [-0.25, -0.2) is 0 Å². The standard InChI is InChI=1S/C20H30O2/c1-14-6-9-17-19(2,3)11-5-12-20(17,4)16(14)8-7-15-10-13-22-18(15)21/h7-8,10,16-18,21H,1,5-6,9,11-13H2,2-4H3. The van der Waals surface area contributed by atoms with Crippen molar-refractivity contribution in [3.05, 3.63) is 36.0 Å². The van der Waals surface area contributed by atoms with Crippen molar-refractivity contribution in [2.24, 2.45) is 22.7 Å². The molecular formula is C20H30O2. The summed E-state index contributed by atoms with van der Waals surface area (Å²) in [5.74, 6) is 1.17. The Labute approximate surface area is 134 Å². The Bertz CT molecular complexity index is 514. The zero-order valence-corrected chi connectivity index (χ0v) is 14.3. The average Bonchev–Trinajstić information content (AvgIpc) is 2.82. The summed E-state index contributed by atoms with van der Waals surface area (Å²) in [5.41, 5.74) is 2.99. The molecule has 3 aliphatic rings. The number of hydrogen-bond acceptors (Lipinski definition) is 2. The maximum absolute atomic E-state index is 9.80. The minimum absolute atomic E-state index is 0.304. The maximum atomic E-state index is 9.80. The molecule has 0 saturated heterocycles. The summed E-state index contributed by atoms with van der Waals surface area (Å²) in [5, 5.41) is 9.80. The van der Waals surface area contributed by atoms with E-state index >= 15 is 0 Å². The lowest BCUT2D eigenvalue weighted by molar-refractivity contribution is -0.0444. The van der Waals surface area contributed by atoms with Crippen LogP contribution in [0.1, 0.15) is 52.9 Å². The monoisotopic (exact) mass is 302 g/mol. The van der Waals surface area contributed by atoms with Crippen molar-refractivity contribution < 1.29 is 9.84 Å². The zero-order chi connectivity index (χ0) is 16.0. The van der Waals surface area contributed by atoms with Crippen molar-refractivity contribution in [1.29, 1.82) is 0 Å². The van der Waals surface area contributed by atoms with Gasteiger partial charge in [0.1, 0.15) is 0 Å². The zero-order valence-electron chi connectivity index (χ0n) is 14.3. The van der Waals surface area contributed by atoms with Gasteiger partial charge in [-0.1, -0.05) is 57.6 Å². The molecule has 2 saturated carbocycles. The quantitative estimate of drug-likeness (QED) is 0.754. The van der Waals surface area contributed by atoms with Crippen LogP contribution in [0.5, 0.6) is 0 Å². The molecule has 122 valence electrons. The van der Waals surface area contributed by atoms with Gasteiger partial charge in [-0.15, -0.1) is 0 Å². The molecule has 2 aliphatic carbocycles. The third kappa shape index (κ3) is 2.61. The van der Waals surface area contributed by atoms with Gasteiger partial charge >= 0.3 is 0 Å². The first kappa shape index (κ1) is 16.0. The molecule has 2 fully saturated rings. The first-order chi connectivity index (χ1) is 10.3. The van der Waals surface area contributed by atoms with Crippen LogP contribution in [0.3, 0.4) is 0 Å². The summed E-state index contributed by atoms with van der Waals surface area (Å²) in [6, 6.07) is 0. The van der Waals surface area contributed by atoms with Gasteiger partial charge < -0.3 is 9.84 Å². The van der Waals surface area contributed by atoms with E-state index in [2.05, 4.69) is 39.5 Å². The Hall–Kier alpha value is -0.860. The Balaban J connectivity index is 1.87. The van der Waals surface area contributed by atoms with E-state index in [-0.39, 0.29) is 0 Å². The highest BCUT2D eigenvalue weighted by molar-refractivity contribution is 5.29. The van der Waals surface area contributed by atoms with Crippen LogP contribution < -0.4 is 0 Å². The summed E-state index contributed by atoms with van der Waals surface area (Å²) in [6.45, 7) is 12.2. The van der Waals surface area contributed by atoms with Crippen LogP contribution in [-0.2, 0) is 4.74 Å². The van der Waals surface area contributed by atoms with E-state index in [0.717, 1.165) is 17.9 Å². The predicted molar refractivity (Wildman–Crippen MR) is 90.3 cm³/mol. The number of aliphatic hydroxyl groups excluding tert-OH is 1. The van der Waals surface area contributed by atoms with Crippen molar-refractivity contribution in [3.8, 4) is 0 Å². The lowest BCUT2D eigenvalue weighted by Gasteiger charge is -2.57.